The molecule has 3 aromatic rings. The maximum Gasteiger partial charge on any atom is 0.333 e. The van der Waals surface area contributed by atoms with Gasteiger partial charge in [-0.25, -0.2) is 9.69 Å². The minimum Gasteiger partial charge on any atom is -0.488 e. The molecule has 1 fully saturated rings. The largest absolute Gasteiger partial charge is 0.488 e. The van der Waals surface area contributed by atoms with Gasteiger partial charge in [-0.2, -0.15) is 0 Å². The number of hydrogen-bond donors (Lipinski definition) is 1. The highest BCUT2D eigenvalue weighted by atomic mass is 79.9. The highest BCUT2D eigenvalue weighted by molar-refractivity contribution is 9.10. The van der Waals surface area contributed by atoms with Crippen molar-refractivity contribution in [2.24, 2.45) is 0 Å². The van der Waals surface area contributed by atoms with Crippen LogP contribution in [0.1, 0.15) is 11.1 Å². The minimum atomic E-state index is -0.545. The van der Waals surface area contributed by atoms with Crippen molar-refractivity contribution in [3.63, 3.8) is 0 Å². The van der Waals surface area contributed by atoms with Gasteiger partial charge in [0.25, 0.3) is 5.91 Å². The van der Waals surface area contributed by atoms with Crippen LogP contribution >= 0.6 is 50.7 Å². The van der Waals surface area contributed by atoms with Gasteiger partial charge in [-0.05, 0) is 66.2 Å². The first-order chi connectivity index (χ1) is 15.3. The fraction of sp³-hybridized carbons (Fsp3) is 0.0435. The van der Waals surface area contributed by atoms with E-state index < -0.39 is 11.9 Å². The van der Waals surface area contributed by atoms with Gasteiger partial charge in [0, 0.05) is 15.1 Å². The first kappa shape index (κ1) is 22.7. The lowest BCUT2D eigenvalue weighted by Crippen LogP contribution is -2.30. The number of carbonyl (C=O) groups is 2. The molecule has 0 bridgehead atoms. The van der Waals surface area contributed by atoms with Gasteiger partial charge in [0.05, 0.1) is 15.7 Å². The fourth-order valence-electron chi connectivity index (χ4n) is 3.07. The van der Waals surface area contributed by atoms with Crippen molar-refractivity contribution in [2.45, 2.75) is 6.61 Å². The van der Waals surface area contributed by atoms with Crippen LogP contribution in [0.3, 0.4) is 0 Å². The zero-order valence-corrected chi connectivity index (χ0v) is 20.1. The Hall–Kier alpha value is -2.51. The van der Waals surface area contributed by atoms with Crippen LogP contribution in [-0.2, 0) is 11.4 Å². The van der Waals surface area contributed by atoms with Crippen molar-refractivity contribution in [3.05, 3.63) is 97.0 Å². The number of nitrogens with one attached hydrogen (secondary N) is 1. The molecule has 1 N–H and O–H groups in total. The van der Waals surface area contributed by atoms with Crippen molar-refractivity contribution >= 4 is 74.4 Å². The number of hydrogen-bond acceptors (Lipinski definition) is 3. The van der Waals surface area contributed by atoms with Gasteiger partial charge in [0.15, 0.2) is 0 Å². The van der Waals surface area contributed by atoms with E-state index in [0.717, 1.165) is 14.9 Å². The Morgan fingerprint density at radius 2 is 1.69 bits per heavy atom. The summed E-state index contributed by atoms with van der Waals surface area (Å²) in [5.41, 5.74) is 1.99. The van der Waals surface area contributed by atoms with Crippen LogP contribution in [-0.4, -0.2) is 11.9 Å². The summed E-state index contributed by atoms with van der Waals surface area (Å²) in [4.78, 5) is 26.4. The Morgan fingerprint density at radius 3 is 2.41 bits per heavy atom. The number of imide groups is 1. The van der Waals surface area contributed by atoms with E-state index in [9.17, 15) is 9.59 Å². The second-order valence-electron chi connectivity index (χ2n) is 6.82. The summed E-state index contributed by atoms with van der Waals surface area (Å²) in [5.74, 6) is 0.0477. The molecule has 0 radical (unpaired) electrons. The molecule has 5 nitrogen and oxygen atoms in total. The van der Waals surface area contributed by atoms with Gasteiger partial charge in [0.2, 0.25) is 0 Å². The monoisotopic (exact) mass is 550 g/mol. The summed E-state index contributed by atoms with van der Waals surface area (Å²) < 4.78 is 6.74. The average Bonchev–Trinajstić information content (AvgIpc) is 3.03. The van der Waals surface area contributed by atoms with Crippen LogP contribution in [0.4, 0.5) is 10.5 Å². The summed E-state index contributed by atoms with van der Waals surface area (Å²) in [6.45, 7) is 0.242. The number of carbonyl (C=O) groups excluding carboxylic acids is 2. The van der Waals surface area contributed by atoms with Gasteiger partial charge < -0.3 is 10.1 Å². The third-order valence-electron chi connectivity index (χ3n) is 4.61. The number of urea groups is 1. The number of amides is 3. The van der Waals surface area contributed by atoms with E-state index in [1.54, 1.807) is 54.6 Å². The normalized spacial score (nSPS) is 14.8. The van der Waals surface area contributed by atoms with E-state index >= 15 is 0 Å². The molecule has 3 aromatic carbocycles. The molecule has 0 saturated carbocycles. The quantitative estimate of drug-likeness (QED) is 0.272. The average molecular weight is 553 g/mol. The molecule has 1 heterocycles. The van der Waals surface area contributed by atoms with E-state index in [-0.39, 0.29) is 12.3 Å². The van der Waals surface area contributed by atoms with Gasteiger partial charge >= 0.3 is 6.03 Å². The zero-order valence-electron chi connectivity index (χ0n) is 16.2. The molecule has 1 aliphatic heterocycles. The SMILES string of the molecule is O=C1N/C(=C/c2cc(Br)ccc2OCc2ccc(Cl)c(Cl)c2)C(=O)N1c1ccc(Cl)cc1. The lowest BCUT2D eigenvalue weighted by molar-refractivity contribution is -0.113. The molecule has 32 heavy (non-hydrogen) atoms. The van der Waals surface area contributed by atoms with E-state index in [4.69, 9.17) is 39.5 Å². The fourth-order valence-corrected chi connectivity index (χ4v) is 3.89. The van der Waals surface area contributed by atoms with E-state index in [1.807, 2.05) is 12.1 Å². The molecular formula is C23H14BrCl3N2O3. The van der Waals surface area contributed by atoms with Crippen molar-refractivity contribution in [2.75, 3.05) is 4.90 Å². The predicted molar refractivity (Wildman–Crippen MR) is 130 cm³/mol. The molecular weight excluding hydrogens is 539 g/mol. The topological polar surface area (TPSA) is 58.6 Å². The maximum atomic E-state index is 12.9. The Morgan fingerprint density at radius 1 is 0.938 bits per heavy atom. The molecule has 0 unspecified atom stereocenters. The summed E-state index contributed by atoms with van der Waals surface area (Å²) in [6.07, 6.45) is 1.57. The molecule has 0 aliphatic carbocycles. The second kappa shape index (κ2) is 9.55. The Labute approximate surface area is 207 Å². The summed E-state index contributed by atoms with van der Waals surface area (Å²) >= 11 is 21.4. The van der Waals surface area contributed by atoms with Gasteiger partial charge in [-0.15, -0.1) is 0 Å². The van der Waals surface area contributed by atoms with Gasteiger partial charge in [-0.1, -0.05) is 56.8 Å². The van der Waals surface area contributed by atoms with Crippen molar-refractivity contribution in [1.82, 2.24) is 5.32 Å². The predicted octanol–water partition coefficient (Wildman–Crippen LogP) is 7.09. The van der Waals surface area contributed by atoms with Crippen molar-refractivity contribution in [3.8, 4) is 5.75 Å². The molecule has 0 spiro atoms. The molecule has 0 atom stereocenters. The number of benzene rings is 3. The molecule has 162 valence electrons. The molecule has 9 heteroatoms. The maximum absolute atomic E-state index is 12.9. The summed E-state index contributed by atoms with van der Waals surface area (Å²) in [5, 5.41) is 4.02. The van der Waals surface area contributed by atoms with Gasteiger partial charge in [-0.3, -0.25) is 4.79 Å². The Balaban J connectivity index is 1.60. The lowest BCUT2D eigenvalue weighted by Gasteiger charge is -2.12. The third-order valence-corrected chi connectivity index (χ3v) is 6.10. The molecule has 3 amide bonds. The van der Waals surface area contributed by atoms with Crippen LogP contribution in [0.5, 0.6) is 5.75 Å². The number of anilines is 1. The highest BCUT2D eigenvalue weighted by Gasteiger charge is 2.35. The zero-order chi connectivity index (χ0) is 22.8. The second-order valence-corrected chi connectivity index (χ2v) is 8.99. The standard InChI is InChI=1S/C23H14BrCl3N2O3/c24-15-2-8-21(32-12-13-1-7-18(26)19(27)9-13)14(10-15)11-20-22(30)29(23(31)28-20)17-5-3-16(25)4-6-17/h1-11H,12H2,(H,28,31)/b20-11+. The van der Waals surface area contributed by atoms with Gasteiger partial charge in [0.1, 0.15) is 18.1 Å². The van der Waals surface area contributed by atoms with Crippen molar-refractivity contribution in [1.29, 1.82) is 0 Å². The van der Waals surface area contributed by atoms with E-state index in [0.29, 0.717) is 32.1 Å². The number of halogens is 4. The molecule has 1 aliphatic rings. The first-order valence-electron chi connectivity index (χ1n) is 9.31. The molecule has 4 rings (SSSR count). The Kier molecular flexibility index (Phi) is 6.76. The first-order valence-corrected chi connectivity index (χ1v) is 11.2. The Bertz CT molecular complexity index is 1250. The van der Waals surface area contributed by atoms with E-state index in [1.165, 1.54) is 0 Å². The summed E-state index contributed by atoms with van der Waals surface area (Å²) in [7, 11) is 0. The van der Waals surface area contributed by atoms with Crippen LogP contribution in [0.2, 0.25) is 15.1 Å². The third kappa shape index (κ3) is 4.94. The van der Waals surface area contributed by atoms with Crippen LogP contribution in [0.15, 0.2) is 70.8 Å². The van der Waals surface area contributed by atoms with Crippen molar-refractivity contribution < 1.29 is 14.3 Å². The summed E-state index contributed by atoms with van der Waals surface area (Å²) in [6, 6.07) is 16.5. The van der Waals surface area contributed by atoms with Crippen LogP contribution in [0, 0.1) is 0 Å². The molecule has 1 saturated heterocycles. The number of ether oxygens (including phenoxy) is 1. The van der Waals surface area contributed by atoms with E-state index in [2.05, 4.69) is 21.2 Å². The number of rotatable bonds is 5. The highest BCUT2D eigenvalue weighted by Crippen LogP contribution is 2.30. The minimum absolute atomic E-state index is 0.127. The van der Waals surface area contributed by atoms with Crippen LogP contribution < -0.4 is 15.0 Å². The smallest absolute Gasteiger partial charge is 0.333 e. The number of nitrogens with zero attached hydrogens (tertiary/aromatic N) is 1. The molecule has 0 aromatic heterocycles. The lowest BCUT2D eigenvalue weighted by atomic mass is 10.1. The van der Waals surface area contributed by atoms with Crippen LogP contribution in [0.25, 0.3) is 6.08 Å².